The van der Waals surface area contributed by atoms with Crippen LogP contribution < -0.4 is 25.5 Å². The Morgan fingerprint density at radius 1 is 1.09 bits per heavy atom. The van der Waals surface area contributed by atoms with Gasteiger partial charge in [0.25, 0.3) is 5.91 Å². The smallest absolute Gasteiger partial charge is 0.329 e. The number of hydrogen-bond acceptors (Lipinski definition) is 7. The number of carbonyl (C=O) groups excluding carboxylic acids is 3. The minimum Gasteiger partial charge on any atom is -0.490 e. The Morgan fingerprint density at radius 3 is 2.54 bits per heavy atom. The van der Waals surface area contributed by atoms with E-state index in [0.717, 1.165) is 11.1 Å². The molecule has 10 nitrogen and oxygen atoms in total. The molecule has 0 saturated carbocycles. The second-order valence-electron chi connectivity index (χ2n) is 7.37. The third-order valence-corrected chi connectivity index (χ3v) is 4.79. The van der Waals surface area contributed by atoms with Crippen LogP contribution in [0.15, 0.2) is 35.4 Å². The average molecular weight is 505 g/mol. The van der Waals surface area contributed by atoms with Gasteiger partial charge in [0, 0.05) is 19.3 Å². The standard InChI is InChI=1S/C24H29ClN4O6/c1-5-34-20-12-17(13-27-29-24(32)23(31)26-8-9-33-4)11-18(25)22(20)35-14-21(30)28-19-7-6-15(2)10-16(19)3/h6-7,10-13H,5,8-9,14H2,1-4H3,(H,26,31)(H,28,30)(H,29,32)/b27-13-. The maximum atomic E-state index is 12.4. The minimum absolute atomic E-state index is 0.181. The maximum absolute atomic E-state index is 12.4. The number of anilines is 1. The third-order valence-electron chi connectivity index (χ3n) is 4.51. The number of hydrazone groups is 1. The summed E-state index contributed by atoms with van der Waals surface area (Å²) in [5, 5.41) is 9.13. The van der Waals surface area contributed by atoms with E-state index < -0.39 is 11.8 Å². The van der Waals surface area contributed by atoms with Gasteiger partial charge >= 0.3 is 11.8 Å². The second-order valence-corrected chi connectivity index (χ2v) is 7.77. The largest absolute Gasteiger partial charge is 0.490 e. The molecule has 0 bridgehead atoms. The molecule has 0 atom stereocenters. The van der Waals surface area contributed by atoms with Crippen LogP contribution in [0, 0.1) is 13.8 Å². The topological polar surface area (TPSA) is 127 Å². The molecule has 11 heteroatoms. The lowest BCUT2D eigenvalue weighted by atomic mass is 10.1. The highest BCUT2D eigenvalue weighted by molar-refractivity contribution is 6.35. The van der Waals surface area contributed by atoms with Crippen LogP contribution in [0.4, 0.5) is 5.69 Å². The molecular weight excluding hydrogens is 476 g/mol. The summed E-state index contributed by atoms with van der Waals surface area (Å²) in [5.74, 6) is -1.63. The van der Waals surface area contributed by atoms with E-state index in [1.807, 2.05) is 32.0 Å². The molecule has 2 aromatic carbocycles. The van der Waals surface area contributed by atoms with Gasteiger partial charge < -0.3 is 24.8 Å². The molecule has 0 fully saturated rings. The monoisotopic (exact) mass is 504 g/mol. The van der Waals surface area contributed by atoms with Gasteiger partial charge in [0.05, 0.1) is 24.5 Å². The number of methoxy groups -OCH3 is 1. The van der Waals surface area contributed by atoms with E-state index in [-0.39, 0.29) is 36.4 Å². The van der Waals surface area contributed by atoms with Gasteiger partial charge in [-0.15, -0.1) is 0 Å². The Kier molecular flexibility index (Phi) is 11.0. The number of ether oxygens (including phenoxy) is 3. The lowest BCUT2D eigenvalue weighted by molar-refractivity contribution is -0.139. The van der Waals surface area contributed by atoms with Crippen LogP contribution in [0.3, 0.4) is 0 Å². The first-order chi connectivity index (χ1) is 16.7. The first-order valence-corrected chi connectivity index (χ1v) is 11.2. The molecule has 0 unspecified atom stereocenters. The summed E-state index contributed by atoms with van der Waals surface area (Å²) in [6.45, 7) is 6.18. The van der Waals surface area contributed by atoms with Crippen LogP contribution >= 0.6 is 11.6 Å². The zero-order chi connectivity index (χ0) is 25.8. The summed E-state index contributed by atoms with van der Waals surface area (Å²) < 4.78 is 16.0. The molecule has 0 spiro atoms. The SMILES string of the molecule is CCOc1cc(/C=N\NC(=O)C(=O)NCCOC)cc(Cl)c1OCC(=O)Nc1ccc(C)cc1C. The molecule has 35 heavy (non-hydrogen) atoms. The summed E-state index contributed by atoms with van der Waals surface area (Å²) in [4.78, 5) is 35.8. The van der Waals surface area contributed by atoms with Gasteiger partial charge in [0.2, 0.25) is 0 Å². The fourth-order valence-corrected chi connectivity index (χ4v) is 3.18. The van der Waals surface area contributed by atoms with Crippen molar-refractivity contribution in [1.82, 2.24) is 10.7 Å². The van der Waals surface area contributed by atoms with E-state index in [1.165, 1.54) is 19.4 Å². The number of nitrogens with one attached hydrogen (secondary N) is 3. The molecule has 0 saturated heterocycles. The average Bonchev–Trinajstić information content (AvgIpc) is 2.80. The number of benzene rings is 2. The Hall–Kier alpha value is -3.63. The molecule has 2 aromatic rings. The van der Waals surface area contributed by atoms with Crippen LogP contribution in [0.5, 0.6) is 11.5 Å². The second kappa shape index (κ2) is 13.9. The molecule has 188 valence electrons. The van der Waals surface area contributed by atoms with Gasteiger partial charge in [-0.05, 0) is 50.1 Å². The molecule has 0 heterocycles. The quantitative estimate of drug-likeness (QED) is 0.187. The van der Waals surface area contributed by atoms with Crippen LogP contribution in [0.2, 0.25) is 5.02 Å². The van der Waals surface area contributed by atoms with Gasteiger partial charge in [-0.1, -0.05) is 29.3 Å². The summed E-state index contributed by atoms with van der Waals surface area (Å²) in [6.07, 6.45) is 1.30. The summed E-state index contributed by atoms with van der Waals surface area (Å²) >= 11 is 6.36. The van der Waals surface area contributed by atoms with Crippen LogP contribution in [-0.2, 0) is 19.1 Å². The predicted molar refractivity (Wildman–Crippen MR) is 133 cm³/mol. The van der Waals surface area contributed by atoms with Crippen molar-refractivity contribution in [2.24, 2.45) is 5.10 Å². The molecular formula is C24H29ClN4O6. The number of halogens is 1. The highest BCUT2D eigenvalue weighted by atomic mass is 35.5. The molecule has 0 aliphatic rings. The van der Waals surface area contributed by atoms with E-state index in [9.17, 15) is 14.4 Å². The summed E-state index contributed by atoms with van der Waals surface area (Å²) in [7, 11) is 1.48. The van der Waals surface area contributed by atoms with E-state index >= 15 is 0 Å². The van der Waals surface area contributed by atoms with Gasteiger partial charge in [0.15, 0.2) is 18.1 Å². The van der Waals surface area contributed by atoms with Gasteiger partial charge in [0.1, 0.15) is 0 Å². The van der Waals surface area contributed by atoms with Crippen LogP contribution in [0.1, 0.15) is 23.6 Å². The molecule has 0 aromatic heterocycles. The predicted octanol–water partition coefficient (Wildman–Crippen LogP) is 2.59. The maximum Gasteiger partial charge on any atom is 0.329 e. The van der Waals surface area contributed by atoms with Crippen molar-refractivity contribution < 1.29 is 28.6 Å². The normalized spacial score (nSPS) is 10.7. The Balaban J connectivity index is 2.02. The number of nitrogens with zero attached hydrogens (tertiary/aromatic N) is 1. The zero-order valence-corrected chi connectivity index (χ0v) is 20.8. The number of hydrogen-bond donors (Lipinski definition) is 3. The highest BCUT2D eigenvalue weighted by Gasteiger charge is 2.15. The van der Waals surface area contributed by atoms with Gasteiger partial charge in [-0.3, -0.25) is 14.4 Å². The fourth-order valence-electron chi connectivity index (χ4n) is 2.91. The van der Waals surface area contributed by atoms with Crippen molar-refractivity contribution in [1.29, 1.82) is 0 Å². The molecule has 0 radical (unpaired) electrons. The van der Waals surface area contributed by atoms with E-state index in [2.05, 4.69) is 21.2 Å². The van der Waals surface area contributed by atoms with E-state index in [4.69, 9.17) is 25.8 Å². The van der Waals surface area contributed by atoms with Crippen molar-refractivity contribution in [3.63, 3.8) is 0 Å². The molecule has 2 rings (SSSR count). The molecule has 0 aliphatic heterocycles. The van der Waals surface area contributed by atoms with E-state index in [0.29, 0.717) is 23.6 Å². The Morgan fingerprint density at radius 2 is 1.86 bits per heavy atom. The van der Waals surface area contributed by atoms with Crippen molar-refractivity contribution in [2.45, 2.75) is 20.8 Å². The molecule has 3 amide bonds. The number of carbonyl (C=O) groups is 3. The first kappa shape index (κ1) is 27.6. The third kappa shape index (κ3) is 8.91. The molecule has 0 aliphatic carbocycles. The zero-order valence-electron chi connectivity index (χ0n) is 20.1. The lowest BCUT2D eigenvalue weighted by Crippen LogP contribution is -2.39. The van der Waals surface area contributed by atoms with Crippen molar-refractivity contribution >= 4 is 41.2 Å². The number of rotatable bonds is 11. The van der Waals surface area contributed by atoms with Gasteiger partial charge in [-0.2, -0.15) is 5.10 Å². The molecule has 3 N–H and O–H groups in total. The number of aryl methyl sites for hydroxylation is 2. The highest BCUT2D eigenvalue weighted by Crippen LogP contribution is 2.36. The Bertz CT molecular complexity index is 1090. The van der Waals surface area contributed by atoms with Crippen molar-refractivity contribution in [3.05, 3.63) is 52.0 Å². The minimum atomic E-state index is -0.928. The van der Waals surface area contributed by atoms with Crippen molar-refractivity contribution in [3.8, 4) is 11.5 Å². The van der Waals surface area contributed by atoms with Crippen molar-refractivity contribution in [2.75, 3.05) is 38.8 Å². The fraction of sp³-hybridized carbons (Fsp3) is 0.333. The summed E-state index contributed by atoms with van der Waals surface area (Å²) in [6, 6.07) is 8.81. The Labute approximate surface area is 209 Å². The summed E-state index contributed by atoms with van der Waals surface area (Å²) in [5.41, 5.74) is 5.33. The van der Waals surface area contributed by atoms with E-state index in [1.54, 1.807) is 13.0 Å². The van der Waals surface area contributed by atoms with Crippen LogP contribution in [-0.4, -0.2) is 57.4 Å². The first-order valence-electron chi connectivity index (χ1n) is 10.8. The van der Waals surface area contributed by atoms with Crippen LogP contribution in [0.25, 0.3) is 0 Å². The lowest BCUT2D eigenvalue weighted by Gasteiger charge is -2.15. The van der Waals surface area contributed by atoms with Gasteiger partial charge in [-0.25, -0.2) is 5.43 Å². The number of amides is 3.